The fourth-order valence-corrected chi connectivity index (χ4v) is 3.66. The molecule has 26 heavy (non-hydrogen) atoms. The van der Waals surface area contributed by atoms with Crippen LogP contribution in [0.4, 0.5) is 0 Å². The van der Waals surface area contributed by atoms with Gasteiger partial charge in [-0.1, -0.05) is 48.5 Å². The second-order valence-electron chi connectivity index (χ2n) is 9.61. The van der Waals surface area contributed by atoms with Crippen LogP contribution in [0.25, 0.3) is 0 Å². The van der Waals surface area contributed by atoms with Gasteiger partial charge in [-0.25, -0.2) is 19.6 Å². The van der Waals surface area contributed by atoms with Crippen molar-refractivity contribution >= 4 is 5.97 Å². The average molecular weight is 377 g/mol. The first-order valence-corrected chi connectivity index (χ1v) is 9.32. The number of esters is 1. The summed E-state index contributed by atoms with van der Waals surface area (Å²) in [7, 11) is 3.02. The minimum atomic E-state index is -0.228. The third-order valence-electron chi connectivity index (χ3n) is 4.10. The molecule has 0 N–H and O–H groups in total. The Morgan fingerprint density at radius 2 is 1.23 bits per heavy atom. The Morgan fingerprint density at radius 3 is 1.58 bits per heavy atom. The second-order valence-corrected chi connectivity index (χ2v) is 9.61. The highest BCUT2D eigenvalue weighted by Crippen LogP contribution is 2.43. The summed E-state index contributed by atoms with van der Waals surface area (Å²) in [4.78, 5) is 31.9. The van der Waals surface area contributed by atoms with Gasteiger partial charge in [0.1, 0.15) is 0 Å². The summed E-state index contributed by atoms with van der Waals surface area (Å²) in [5.74, 6) is 0.134. The molecule has 0 heterocycles. The Morgan fingerprint density at radius 1 is 0.808 bits per heavy atom. The Labute approximate surface area is 159 Å². The predicted molar refractivity (Wildman–Crippen MR) is 101 cm³/mol. The molecule has 0 atom stereocenters. The van der Waals surface area contributed by atoms with E-state index in [1.54, 1.807) is 0 Å². The van der Waals surface area contributed by atoms with Crippen molar-refractivity contribution in [2.75, 3.05) is 34.0 Å². The summed E-state index contributed by atoms with van der Waals surface area (Å²) in [6, 6.07) is 0. The van der Waals surface area contributed by atoms with Crippen LogP contribution in [-0.2, 0) is 29.1 Å². The van der Waals surface area contributed by atoms with Gasteiger partial charge in [-0.15, -0.1) is 0 Å². The molecule has 0 aromatic heterocycles. The lowest BCUT2D eigenvalue weighted by Crippen LogP contribution is -2.38. The smallest absolute Gasteiger partial charge is 0.306 e. The van der Waals surface area contributed by atoms with Gasteiger partial charge in [0.2, 0.25) is 0 Å². The molecule has 0 rings (SSSR count). The summed E-state index contributed by atoms with van der Waals surface area (Å²) in [5.41, 5.74) is -0.491. The van der Waals surface area contributed by atoms with Gasteiger partial charge in [0.05, 0.1) is 34.0 Å². The minimum absolute atomic E-state index is 0.132. The van der Waals surface area contributed by atoms with E-state index in [-0.39, 0.29) is 28.1 Å². The molecule has 0 aliphatic heterocycles. The zero-order chi connectivity index (χ0) is 20.4. The summed E-state index contributed by atoms with van der Waals surface area (Å²) in [6.45, 7) is 16.0. The molecule has 0 aromatic rings. The highest BCUT2D eigenvalue weighted by molar-refractivity contribution is 5.69. The van der Waals surface area contributed by atoms with E-state index in [0.717, 1.165) is 12.8 Å². The molecule has 0 fully saturated rings. The number of hydrogen-bond donors (Lipinski definition) is 0. The zero-order valence-corrected chi connectivity index (χ0v) is 18.3. The first kappa shape index (κ1) is 25.3. The summed E-state index contributed by atoms with van der Waals surface area (Å²) in [5, 5.41) is 0. The van der Waals surface area contributed by atoms with Crippen LogP contribution in [0.3, 0.4) is 0 Å². The molecule has 0 spiro atoms. The van der Waals surface area contributed by atoms with E-state index >= 15 is 0 Å². The molecular weight excluding hydrogens is 336 g/mol. The van der Waals surface area contributed by atoms with Gasteiger partial charge in [0.25, 0.3) is 0 Å². The predicted octanol–water partition coefficient (Wildman–Crippen LogP) is 4.57. The molecule has 0 amide bonds. The first-order chi connectivity index (χ1) is 11.8. The fourth-order valence-electron chi connectivity index (χ4n) is 3.66. The monoisotopic (exact) mass is 376 g/mol. The lowest BCUT2D eigenvalue weighted by molar-refractivity contribution is -0.292. The van der Waals surface area contributed by atoms with Gasteiger partial charge in [-0.2, -0.15) is 0 Å². The zero-order valence-electron chi connectivity index (χ0n) is 18.3. The molecule has 156 valence electrons. The Kier molecular flexibility index (Phi) is 10.9. The van der Waals surface area contributed by atoms with Crippen LogP contribution in [-0.4, -0.2) is 40.0 Å². The topological polar surface area (TPSA) is 63.2 Å². The van der Waals surface area contributed by atoms with Crippen LogP contribution < -0.4 is 0 Å². The molecule has 0 unspecified atom stereocenters. The third kappa shape index (κ3) is 11.8. The highest BCUT2D eigenvalue weighted by atomic mass is 17.2. The van der Waals surface area contributed by atoms with Gasteiger partial charge in [0, 0.05) is 11.8 Å². The lowest BCUT2D eigenvalue weighted by Gasteiger charge is -2.41. The lowest BCUT2D eigenvalue weighted by atomic mass is 9.67. The van der Waals surface area contributed by atoms with Gasteiger partial charge in [0.15, 0.2) is 0 Å². The molecule has 0 aliphatic carbocycles. The van der Waals surface area contributed by atoms with Gasteiger partial charge >= 0.3 is 5.97 Å². The van der Waals surface area contributed by atoms with Gasteiger partial charge < -0.3 is 4.74 Å². The van der Waals surface area contributed by atoms with E-state index in [9.17, 15) is 4.79 Å². The molecule has 6 heteroatoms. The SMILES string of the molecule is COOCC(C)(C)CC(C)(COC(=O)CC(C)C)CC(C)(C)COOC. The quantitative estimate of drug-likeness (QED) is 0.251. The van der Waals surface area contributed by atoms with E-state index in [1.165, 1.54) is 14.2 Å². The maximum atomic E-state index is 12.1. The van der Waals surface area contributed by atoms with E-state index < -0.39 is 0 Å². The van der Waals surface area contributed by atoms with Crippen LogP contribution >= 0.6 is 0 Å². The van der Waals surface area contributed by atoms with Crippen molar-refractivity contribution in [3.8, 4) is 0 Å². The van der Waals surface area contributed by atoms with Gasteiger partial charge in [-0.05, 0) is 29.6 Å². The Hall–Kier alpha value is -0.690. The minimum Gasteiger partial charge on any atom is -0.465 e. The fraction of sp³-hybridized carbons (Fsp3) is 0.950. The van der Waals surface area contributed by atoms with Crippen molar-refractivity contribution in [3.63, 3.8) is 0 Å². The average Bonchev–Trinajstić information content (AvgIpc) is 2.47. The van der Waals surface area contributed by atoms with Crippen molar-refractivity contribution in [2.24, 2.45) is 22.2 Å². The maximum Gasteiger partial charge on any atom is 0.306 e. The van der Waals surface area contributed by atoms with Crippen molar-refractivity contribution < 1.29 is 29.1 Å². The maximum absolute atomic E-state index is 12.1. The molecule has 0 bridgehead atoms. The summed E-state index contributed by atoms with van der Waals surface area (Å²) < 4.78 is 5.64. The number of hydrogen-bond acceptors (Lipinski definition) is 6. The van der Waals surface area contributed by atoms with Crippen molar-refractivity contribution in [2.45, 2.75) is 67.7 Å². The van der Waals surface area contributed by atoms with Crippen LogP contribution in [0.2, 0.25) is 0 Å². The number of carbonyl (C=O) groups excluding carboxylic acids is 1. The normalized spacial score (nSPS) is 13.3. The molecular formula is C20H40O6. The number of carbonyl (C=O) groups is 1. The summed E-state index contributed by atoms with van der Waals surface area (Å²) in [6.07, 6.45) is 2.06. The van der Waals surface area contributed by atoms with Crippen LogP contribution in [0, 0.1) is 22.2 Å². The largest absolute Gasteiger partial charge is 0.465 e. The molecule has 0 saturated heterocycles. The van der Waals surface area contributed by atoms with E-state index in [2.05, 4.69) is 34.6 Å². The molecule has 0 aromatic carbocycles. The number of ether oxygens (including phenoxy) is 1. The van der Waals surface area contributed by atoms with Gasteiger partial charge in [-0.3, -0.25) is 4.79 Å². The second kappa shape index (κ2) is 11.2. The number of rotatable bonds is 14. The van der Waals surface area contributed by atoms with E-state index in [1.807, 2.05) is 13.8 Å². The van der Waals surface area contributed by atoms with Crippen LogP contribution in [0.15, 0.2) is 0 Å². The van der Waals surface area contributed by atoms with Crippen molar-refractivity contribution in [1.82, 2.24) is 0 Å². The van der Waals surface area contributed by atoms with Crippen LogP contribution in [0.1, 0.15) is 67.7 Å². The Balaban J connectivity index is 5.14. The molecule has 0 aliphatic rings. The van der Waals surface area contributed by atoms with Crippen molar-refractivity contribution in [1.29, 1.82) is 0 Å². The standard InChI is InChI=1S/C20H40O6/c1-16(2)10-17(21)24-15-20(7,11-18(3,4)13-25-22-8)12-19(5,6)14-26-23-9/h16H,10-15H2,1-9H3. The Bertz CT molecular complexity index is 381. The first-order valence-electron chi connectivity index (χ1n) is 9.32. The molecule has 6 nitrogen and oxygen atoms in total. The van der Waals surface area contributed by atoms with E-state index in [0.29, 0.717) is 26.2 Å². The molecule has 0 radical (unpaired) electrons. The summed E-state index contributed by atoms with van der Waals surface area (Å²) >= 11 is 0. The third-order valence-corrected chi connectivity index (χ3v) is 4.10. The molecule has 0 saturated carbocycles. The highest BCUT2D eigenvalue weighted by Gasteiger charge is 2.39. The van der Waals surface area contributed by atoms with Crippen molar-refractivity contribution in [3.05, 3.63) is 0 Å². The van der Waals surface area contributed by atoms with E-state index in [4.69, 9.17) is 24.3 Å². The van der Waals surface area contributed by atoms with Crippen LogP contribution in [0.5, 0.6) is 0 Å².